The van der Waals surface area contributed by atoms with Gasteiger partial charge in [-0.2, -0.15) is 5.10 Å². The standard InChI is InChI=1S/C20H18ClN3O4/c1-26-16-9-13(10-17(27-2)18(16)28-3)20(25)24-22-11-14-8-12-6-4-5-7-15(12)23-19(14)21/h4-11H,1-3H3,(H,24,25). The summed E-state index contributed by atoms with van der Waals surface area (Å²) in [5.74, 6) is 0.704. The van der Waals surface area contributed by atoms with E-state index in [4.69, 9.17) is 25.8 Å². The summed E-state index contributed by atoms with van der Waals surface area (Å²) in [6.07, 6.45) is 1.44. The summed E-state index contributed by atoms with van der Waals surface area (Å²) in [4.78, 5) is 16.8. The molecule has 1 aromatic heterocycles. The molecule has 0 spiro atoms. The number of hydrazone groups is 1. The molecule has 0 saturated carbocycles. The summed E-state index contributed by atoms with van der Waals surface area (Å²) < 4.78 is 15.7. The Hall–Kier alpha value is -3.32. The lowest BCUT2D eigenvalue weighted by Crippen LogP contribution is -2.18. The zero-order valence-electron chi connectivity index (χ0n) is 15.5. The molecule has 1 N–H and O–H groups in total. The molecule has 0 atom stereocenters. The highest BCUT2D eigenvalue weighted by Crippen LogP contribution is 2.38. The van der Waals surface area contributed by atoms with Crippen molar-refractivity contribution in [2.75, 3.05) is 21.3 Å². The number of nitrogens with one attached hydrogen (secondary N) is 1. The van der Waals surface area contributed by atoms with Crippen molar-refractivity contribution in [1.29, 1.82) is 0 Å². The topological polar surface area (TPSA) is 82.0 Å². The summed E-state index contributed by atoms with van der Waals surface area (Å²) >= 11 is 6.19. The highest BCUT2D eigenvalue weighted by molar-refractivity contribution is 6.32. The monoisotopic (exact) mass is 399 g/mol. The summed E-state index contributed by atoms with van der Waals surface area (Å²) in [5.41, 5.74) is 4.13. The smallest absolute Gasteiger partial charge is 0.271 e. The minimum absolute atomic E-state index is 0.296. The van der Waals surface area contributed by atoms with Crippen molar-refractivity contribution in [1.82, 2.24) is 10.4 Å². The second-order valence-electron chi connectivity index (χ2n) is 5.67. The van der Waals surface area contributed by atoms with Gasteiger partial charge in [-0.25, -0.2) is 10.4 Å². The zero-order valence-corrected chi connectivity index (χ0v) is 16.3. The van der Waals surface area contributed by atoms with Crippen molar-refractivity contribution in [3.8, 4) is 17.2 Å². The lowest BCUT2D eigenvalue weighted by Gasteiger charge is -2.13. The number of fused-ring (bicyclic) bond motifs is 1. The van der Waals surface area contributed by atoms with E-state index in [9.17, 15) is 4.79 Å². The average molecular weight is 400 g/mol. The second-order valence-corrected chi connectivity index (χ2v) is 6.03. The van der Waals surface area contributed by atoms with Crippen LogP contribution < -0.4 is 19.6 Å². The van der Waals surface area contributed by atoms with Crippen LogP contribution in [0.1, 0.15) is 15.9 Å². The highest BCUT2D eigenvalue weighted by atomic mass is 35.5. The van der Waals surface area contributed by atoms with E-state index in [1.165, 1.54) is 39.7 Å². The van der Waals surface area contributed by atoms with Gasteiger partial charge in [0.15, 0.2) is 11.5 Å². The number of para-hydroxylation sites is 1. The Morgan fingerprint density at radius 3 is 2.39 bits per heavy atom. The quantitative estimate of drug-likeness (QED) is 0.388. The van der Waals surface area contributed by atoms with Crippen LogP contribution >= 0.6 is 11.6 Å². The maximum Gasteiger partial charge on any atom is 0.271 e. The van der Waals surface area contributed by atoms with E-state index in [1.807, 2.05) is 30.3 Å². The van der Waals surface area contributed by atoms with Crippen LogP contribution in [0.3, 0.4) is 0 Å². The van der Waals surface area contributed by atoms with Crippen LogP contribution in [0.15, 0.2) is 47.6 Å². The number of hydrogen-bond donors (Lipinski definition) is 1. The summed E-state index contributed by atoms with van der Waals surface area (Å²) in [6, 6.07) is 12.5. The number of rotatable bonds is 6. The number of ether oxygens (including phenoxy) is 3. The Kier molecular flexibility index (Phi) is 5.96. The van der Waals surface area contributed by atoms with Crippen LogP contribution in [-0.4, -0.2) is 38.4 Å². The first-order valence-electron chi connectivity index (χ1n) is 8.26. The van der Waals surface area contributed by atoms with Gasteiger partial charge in [0, 0.05) is 16.5 Å². The van der Waals surface area contributed by atoms with Gasteiger partial charge in [-0.15, -0.1) is 0 Å². The average Bonchev–Trinajstić information content (AvgIpc) is 2.72. The van der Waals surface area contributed by atoms with E-state index in [0.29, 0.717) is 33.5 Å². The number of halogens is 1. The molecular formula is C20H18ClN3O4. The second kappa shape index (κ2) is 8.58. The molecule has 0 aliphatic carbocycles. The van der Waals surface area contributed by atoms with Gasteiger partial charge in [-0.05, 0) is 24.3 Å². The van der Waals surface area contributed by atoms with E-state index in [-0.39, 0.29) is 0 Å². The summed E-state index contributed by atoms with van der Waals surface area (Å²) in [6.45, 7) is 0. The predicted molar refractivity (Wildman–Crippen MR) is 108 cm³/mol. The number of carbonyl (C=O) groups is 1. The molecule has 0 saturated heterocycles. The number of aromatic nitrogens is 1. The number of pyridine rings is 1. The number of carbonyl (C=O) groups excluding carboxylic acids is 1. The molecule has 3 rings (SSSR count). The third kappa shape index (κ3) is 3.99. The molecule has 0 bridgehead atoms. The summed E-state index contributed by atoms with van der Waals surface area (Å²) in [5, 5.41) is 5.19. The van der Waals surface area contributed by atoms with Gasteiger partial charge in [0.05, 0.1) is 33.1 Å². The first kappa shape index (κ1) is 19.4. The maximum atomic E-state index is 12.4. The maximum absolute atomic E-state index is 12.4. The molecule has 28 heavy (non-hydrogen) atoms. The lowest BCUT2D eigenvalue weighted by molar-refractivity contribution is 0.0954. The van der Waals surface area contributed by atoms with Gasteiger partial charge in [0.2, 0.25) is 5.75 Å². The number of nitrogens with zero attached hydrogens (tertiary/aromatic N) is 2. The van der Waals surface area contributed by atoms with Crippen LogP contribution in [0.2, 0.25) is 5.15 Å². The van der Waals surface area contributed by atoms with Crippen LogP contribution in [0.4, 0.5) is 0 Å². The fourth-order valence-corrected chi connectivity index (χ4v) is 2.83. The molecule has 8 heteroatoms. The molecule has 3 aromatic rings. The molecule has 144 valence electrons. The zero-order chi connectivity index (χ0) is 20.1. The Balaban J connectivity index is 1.81. The SMILES string of the molecule is COc1cc(C(=O)NN=Cc2cc3ccccc3nc2Cl)cc(OC)c1OC. The molecule has 1 amide bonds. The highest BCUT2D eigenvalue weighted by Gasteiger charge is 2.16. The number of methoxy groups -OCH3 is 3. The first-order valence-corrected chi connectivity index (χ1v) is 8.64. The molecule has 0 aliphatic heterocycles. The molecule has 0 aliphatic rings. The molecule has 0 unspecified atom stereocenters. The Bertz CT molecular complexity index is 1030. The number of hydrogen-bond acceptors (Lipinski definition) is 6. The van der Waals surface area contributed by atoms with E-state index in [2.05, 4.69) is 15.5 Å². The van der Waals surface area contributed by atoms with Crippen LogP contribution in [0, 0.1) is 0 Å². The van der Waals surface area contributed by atoms with Crippen molar-refractivity contribution in [2.45, 2.75) is 0 Å². The van der Waals surface area contributed by atoms with Crippen LogP contribution in [0.25, 0.3) is 10.9 Å². The van der Waals surface area contributed by atoms with Gasteiger partial charge in [-0.1, -0.05) is 29.8 Å². The van der Waals surface area contributed by atoms with Crippen molar-refractivity contribution in [3.63, 3.8) is 0 Å². The fourth-order valence-electron chi connectivity index (χ4n) is 2.64. The van der Waals surface area contributed by atoms with Crippen molar-refractivity contribution in [3.05, 3.63) is 58.7 Å². The van der Waals surface area contributed by atoms with Crippen LogP contribution in [-0.2, 0) is 0 Å². The van der Waals surface area contributed by atoms with Gasteiger partial charge >= 0.3 is 0 Å². The fraction of sp³-hybridized carbons (Fsp3) is 0.150. The predicted octanol–water partition coefficient (Wildman–Crippen LogP) is 3.68. The minimum atomic E-state index is -0.444. The van der Waals surface area contributed by atoms with E-state index in [1.54, 1.807) is 0 Å². The van der Waals surface area contributed by atoms with Crippen molar-refractivity contribution < 1.29 is 19.0 Å². The summed E-state index contributed by atoms with van der Waals surface area (Å²) in [7, 11) is 4.45. The van der Waals surface area contributed by atoms with Gasteiger partial charge in [0.1, 0.15) is 5.15 Å². The van der Waals surface area contributed by atoms with Gasteiger partial charge < -0.3 is 14.2 Å². The number of benzene rings is 2. The Morgan fingerprint density at radius 2 is 1.75 bits per heavy atom. The normalized spacial score (nSPS) is 10.9. The largest absolute Gasteiger partial charge is 0.493 e. The molecule has 0 radical (unpaired) electrons. The van der Waals surface area contributed by atoms with Crippen molar-refractivity contribution >= 4 is 34.6 Å². The molecule has 0 fully saturated rings. The van der Waals surface area contributed by atoms with E-state index >= 15 is 0 Å². The minimum Gasteiger partial charge on any atom is -0.493 e. The number of amides is 1. The third-order valence-corrected chi connectivity index (χ3v) is 4.30. The van der Waals surface area contributed by atoms with E-state index in [0.717, 1.165) is 10.9 Å². The third-order valence-electron chi connectivity index (χ3n) is 4.00. The first-order chi connectivity index (χ1) is 13.6. The molecule has 1 heterocycles. The Morgan fingerprint density at radius 1 is 1.07 bits per heavy atom. The molecule has 2 aromatic carbocycles. The van der Waals surface area contributed by atoms with E-state index < -0.39 is 5.91 Å². The van der Waals surface area contributed by atoms with Gasteiger partial charge in [-0.3, -0.25) is 4.79 Å². The van der Waals surface area contributed by atoms with Crippen molar-refractivity contribution in [2.24, 2.45) is 5.10 Å². The molecular weight excluding hydrogens is 382 g/mol. The lowest BCUT2D eigenvalue weighted by atomic mass is 10.1. The van der Waals surface area contributed by atoms with Gasteiger partial charge in [0.25, 0.3) is 5.91 Å². The Labute approximate surface area is 166 Å². The van der Waals surface area contributed by atoms with Crippen LogP contribution in [0.5, 0.6) is 17.2 Å². The molecule has 7 nitrogen and oxygen atoms in total.